The molecule has 128 valence electrons. The number of hydrogen-bond acceptors (Lipinski definition) is 5. The molecule has 0 radical (unpaired) electrons. The number of pyridine rings is 1. The van der Waals surface area contributed by atoms with Crippen molar-refractivity contribution >= 4 is 17.4 Å². The van der Waals surface area contributed by atoms with Crippen LogP contribution in [-0.4, -0.2) is 21.1 Å². The number of H-pyrrole nitrogens is 1. The van der Waals surface area contributed by atoms with Crippen LogP contribution in [0.25, 0.3) is 11.5 Å². The highest BCUT2D eigenvalue weighted by molar-refractivity contribution is 5.93. The van der Waals surface area contributed by atoms with Gasteiger partial charge < -0.3 is 15.1 Å². The van der Waals surface area contributed by atoms with E-state index in [0.717, 1.165) is 41.3 Å². The minimum absolute atomic E-state index is 0.0602. The largest absolute Gasteiger partial charge is 0.460 e. The molecule has 4 rings (SSSR count). The monoisotopic (exact) mass is 337 g/mol. The van der Waals surface area contributed by atoms with Crippen LogP contribution in [0.1, 0.15) is 24.2 Å². The Morgan fingerprint density at radius 3 is 2.84 bits per heavy atom. The molecular weight excluding hydrogens is 318 g/mol. The van der Waals surface area contributed by atoms with Crippen LogP contribution in [0.15, 0.2) is 41.1 Å². The number of hydrogen-bond donors (Lipinski definition) is 3. The Labute approximate surface area is 144 Å². The van der Waals surface area contributed by atoms with Gasteiger partial charge in [0, 0.05) is 18.0 Å². The lowest BCUT2D eigenvalue weighted by Crippen LogP contribution is -2.14. The highest BCUT2D eigenvalue weighted by Crippen LogP contribution is 2.30. The Balaban J connectivity index is 1.38. The van der Waals surface area contributed by atoms with Gasteiger partial charge in [-0.05, 0) is 44.0 Å². The molecule has 0 saturated heterocycles. The summed E-state index contributed by atoms with van der Waals surface area (Å²) in [6.45, 7) is 2.49. The van der Waals surface area contributed by atoms with Gasteiger partial charge in [-0.1, -0.05) is 0 Å². The molecule has 0 atom stereocenters. The van der Waals surface area contributed by atoms with Crippen LogP contribution in [0, 0.1) is 12.8 Å². The van der Waals surface area contributed by atoms with Gasteiger partial charge >= 0.3 is 0 Å². The molecule has 1 amide bonds. The zero-order chi connectivity index (χ0) is 17.2. The minimum atomic E-state index is 0.0602. The van der Waals surface area contributed by atoms with Crippen molar-refractivity contribution in [3.05, 3.63) is 48.0 Å². The SMILES string of the molecule is Cc1ccc(-c2[nH]ncc2CNc2ccc(NC(=O)C3CC3)nc2)o1. The Morgan fingerprint density at radius 1 is 1.28 bits per heavy atom. The van der Waals surface area contributed by atoms with Crippen LogP contribution in [0.2, 0.25) is 0 Å². The second kappa shape index (κ2) is 6.43. The van der Waals surface area contributed by atoms with Crippen LogP contribution in [0.3, 0.4) is 0 Å². The maximum atomic E-state index is 11.7. The molecule has 1 fully saturated rings. The molecule has 3 N–H and O–H groups in total. The van der Waals surface area contributed by atoms with Gasteiger partial charge in [-0.3, -0.25) is 9.89 Å². The van der Waals surface area contributed by atoms with Crippen LogP contribution in [0.5, 0.6) is 0 Å². The van der Waals surface area contributed by atoms with E-state index in [1.165, 1.54) is 0 Å². The number of anilines is 2. The molecular formula is C18H19N5O2. The Bertz CT molecular complexity index is 877. The minimum Gasteiger partial charge on any atom is -0.460 e. The highest BCUT2D eigenvalue weighted by atomic mass is 16.3. The first-order valence-corrected chi connectivity index (χ1v) is 8.29. The van der Waals surface area contributed by atoms with Gasteiger partial charge in [0.2, 0.25) is 5.91 Å². The van der Waals surface area contributed by atoms with E-state index in [2.05, 4.69) is 25.8 Å². The maximum absolute atomic E-state index is 11.7. The first-order valence-electron chi connectivity index (χ1n) is 8.29. The number of carbonyl (C=O) groups is 1. The zero-order valence-electron chi connectivity index (χ0n) is 13.9. The summed E-state index contributed by atoms with van der Waals surface area (Å²) in [5, 5.41) is 13.2. The van der Waals surface area contributed by atoms with Gasteiger partial charge in [-0.15, -0.1) is 0 Å². The number of aromatic amines is 1. The molecule has 0 spiro atoms. The standard InChI is InChI=1S/C18H19N5O2/c1-11-2-6-15(25-11)17-13(9-21-23-17)8-19-14-5-7-16(20-10-14)22-18(24)12-3-4-12/h2,5-7,9-10,12,19H,3-4,8H2,1H3,(H,21,23)(H,20,22,24). The summed E-state index contributed by atoms with van der Waals surface area (Å²) in [5.41, 5.74) is 2.73. The zero-order valence-corrected chi connectivity index (χ0v) is 13.9. The highest BCUT2D eigenvalue weighted by Gasteiger charge is 2.29. The van der Waals surface area contributed by atoms with Crippen LogP contribution in [-0.2, 0) is 11.3 Å². The molecule has 0 bridgehead atoms. The van der Waals surface area contributed by atoms with Crippen molar-refractivity contribution in [2.75, 3.05) is 10.6 Å². The van der Waals surface area contributed by atoms with Gasteiger partial charge in [0.05, 0.1) is 18.1 Å². The first kappa shape index (κ1) is 15.4. The van der Waals surface area contributed by atoms with Crippen molar-refractivity contribution in [1.29, 1.82) is 0 Å². The van der Waals surface area contributed by atoms with Crippen LogP contribution in [0.4, 0.5) is 11.5 Å². The molecule has 0 aromatic carbocycles. The molecule has 3 aromatic rings. The second-order valence-corrected chi connectivity index (χ2v) is 6.23. The summed E-state index contributed by atoms with van der Waals surface area (Å²) in [4.78, 5) is 16.0. The predicted molar refractivity (Wildman–Crippen MR) is 93.9 cm³/mol. The summed E-state index contributed by atoms with van der Waals surface area (Å²) >= 11 is 0. The second-order valence-electron chi connectivity index (χ2n) is 6.23. The van der Waals surface area contributed by atoms with Crippen molar-refractivity contribution in [1.82, 2.24) is 15.2 Å². The fourth-order valence-corrected chi connectivity index (χ4v) is 2.57. The normalized spacial score (nSPS) is 13.6. The number of rotatable bonds is 6. The van der Waals surface area contributed by atoms with Crippen molar-refractivity contribution in [3.63, 3.8) is 0 Å². The Kier molecular flexibility index (Phi) is 3.97. The number of nitrogens with one attached hydrogen (secondary N) is 3. The third-order valence-corrected chi connectivity index (χ3v) is 4.15. The average Bonchev–Trinajstić information content (AvgIpc) is 3.22. The lowest BCUT2D eigenvalue weighted by atomic mass is 10.2. The number of nitrogens with zero attached hydrogens (tertiary/aromatic N) is 2. The quantitative estimate of drug-likeness (QED) is 0.641. The van der Waals surface area contributed by atoms with E-state index >= 15 is 0 Å². The molecule has 7 nitrogen and oxygen atoms in total. The van der Waals surface area contributed by atoms with E-state index in [-0.39, 0.29) is 11.8 Å². The van der Waals surface area contributed by atoms with Gasteiger partial charge in [0.1, 0.15) is 17.3 Å². The van der Waals surface area contributed by atoms with E-state index in [9.17, 15) is 4.79 Å². The van der Waals surface area contributed by atoms with Crippen molar-refractivity contribution in [2.45, 2.75) is 26.3 Å². The van der Waals surface area contributed by atoms with Crippen molar-refractivity contribution in [2.24, 2.45) is 5.92 Å². The van der Waals surface area contributed by atoms with E-state index in [1.807, 2.05) is 25.1 Å². The molecule has 25 heavy (non-hydrogen) atoms. The Hall–Kier alpha value is -3.09. The van der Waals surface area contributed by atoms with Gasteiger partial charge in [-0.25, -0.2) is 4.98 Å². The van der Waals surface area contributed by atoms with Gasteiger partial charge in [0.15, 0.2) is 5.76 Å². The Morgan fingerprint density at radius 2 is 2.16 bits per heavy atom. The molecule has 1 saturated carbocycles. The maximum Gasteiger partial charge on any atom is 0.228 e. The van der Waals surface area contributed by atoms with E-state index < -0.39 is 0 Å². The third kappa shape index (κ3) is 3.55. The predicted octanol–water partition coefficient (Wildman–Crippen LogP) is 3.33. The fraction of sp³-hybridized carbons (Fsp3) is 0.278. The molecule has 3 heterocycles. The number of carbonyl (C=O) groups excluding carboxylic acids is 1. The number of aryl methyl sites for hydroxylation is 1. The lowest BCUT2D eigenvalue weighted by Gasteiger charge is -2.07. The number of furan rings is 1. The van der Waals surface area contributed by atoms with Gasteiger partial charge in [0.25, 0.3) is 0 Å². The number of aromatic nitrogens is 3. The molecule has 1 aliphatic carbocycles. The lowest BCUT2D eigenvalue weighted by molar-refractivity contribution is -0.117. The van der Waals surface area contributed by atoms with Crippen molar-refractivity contribution in [3.8, 4) is 11.5 Å². The first-order chi connectivity index (χ1) is 12.2. The smallest absolute Gasteiger partial charge is 0.228 e. The molecule has 3 aromatic heterocycles. The van der Waals surface area contributed by atoms with Crippen LogP contribution < -0.4 is 10.6 Å². The van der Waals surface area contributed by atoms with Crippen LogP contribution >= 0.6 is 0 Å². The topological polar surface area (TPSA) is 95.8 Å². The van der Waals surface area contributed by atoms with Crippen molar-refractivity contribution < 1.29 is 9.21 Å². The third-order valence-electron chi connectivity index (χ3n) is 4.15. The van der Waals surface area contributed by atoms with E-state index in [4.69, 9.17) is 4.42 Å². The summed E-state index contributed by atoms with van der Waals surface area (Å²) in [5.74, 6) is 2.44. The molecule has 7 heteroatoms. The van der Waals surface area contributed by atoms with Gasteiger partial charge in [-0.2, -0.15) is 5.10 Å². The van der Waals surface area contributed by atoms with E-state index in [1.54, 1.807) is 18.5 Å². The summed E-state index contributed by atoms with van der Waals surface area (Å²) < 4.78 is 5.65. The molecule has 1 aliphatic rings. The number of amides is 1. The molecule has 0 unspecified atom stereocenters. The fourth-order valence-electron chi connectivity index (χ4n) is 2.57. The average molecular weight is 337 g/mol. The summed E-state index contributed by atoms with van der Waals surface area (Å²) in [6, 6.07) is 7.54. The summed E-state index contributed by atoms with van der Waals surface area (Å²) in [7, 11) is 0. The van der Waals surface area contributed by atoms with E-state index in [0.29, 0.717) is 12.4 Å². The summed E-state index contributed by atoms with van der Waals surface area (Å²) in [6.07, 6.45) is 5.44. The molecule has 0 aliphatic heterocycles.